The number of hydrogen-bond donors (Lipinski definition) is 1. The predicted octanol–water partition coefficient (Wildman–Crippen LogP) is 2.45. The van der Waals surface area contributed by atoms with E-state index >= 15 is 0 Å². The summed E-state index contributed by atoms with van der Waals surface area (Å²) in [7, 11) is 0. The highest BCUT2D eigenvalue weighted by molar-refractivity contribution is 5.94. The molecule has 0 spiro atoms. The van der Waals surface area contributed by atoms with Gasteiger partial charge < -0.3 is 10.2 Å². The lowest BCUT2D eigenvalue weighted by molar-refractivity contribution is -0.384. The number of nitro groups is 1. The predicted molar refractivity (Wildman–Crippen MR) is 82.5 cm³/mol. The molecule has 0 fully saturated rings. The smallest absolute Gasteiger partial charge is 0.270 e. The summed E-state index contributed by atoms with van der Waals surface area (Å²) >= 11 is 0. The van der Waals surface area contributed by atoms with Crippen molar-refractivity contribution >= 4 is 11.6 Å². The molecule has 1 aromatic rings. The zero-order chi connectivity index (χ0) is 15.7. The number of carbonyl (C=O) groups excluding carboxylic acids is 1. The van der Waals surface area contributed by atoms with Crippen LogP contribution in [0.2, 0.25) is 0 Å². The van der Waals surface area contributed by atoms with Gasteiger partial charge in [-0.05, 0) is 38.5 Å². The molecule has 0 saturated carbocycles. The standard InChI is InChI=1S/C15H23N3O3/c1-3-17(4-2)11-6-5-10-16-15(19)13-8-7-9-14(12-13)18(20)21/h7-9,12H,3-6,10-11H2,1-2H3,(H,16,19). The van der Waals surface area contributed by atoms with Crippen LogP contribution in [0.15, 0.2) is 24.3 Å². The van der Waals surface area contributed by atoms with Gasteiger partial charge in [-0.2, -0.15) is 0 Å². The van der Waals surface area contributed by atoms with E-state index in [2.05, 4.69) is 24.1 Å². The summed E-state index contributed by atoms with van der Waals surface area (Å²) < 4.78 is 0. The van der Waals surface area contributed by atoms with Gasteiger partial charge in [0.2, 0.25) is 0 Å². The van der Waals surface area contributed by atoms with E-state index < -0.39 is 4.92 Å². The number of unbranched alkanes of at least 4 members (excludes halogenated alkanes) is 1. The number of nitrogens with zero attached hydrogens (tertiary/aromatic N) is 2. The first-order chi connectivity index (χ1) is 10.1. The highest BCUT2D eigenvalue weighted by atomic mass is 16.6. The Balaban J connectivity index is 2.34. The van der Waals surface area contributed by atoms with Crippen LogP contribution < -0.4 is 5.32 Å². The summed E-state index contributed by atoms with van der Waals surface area (Å²) in [6.45, 7) is 7.96. The molecule has 6 heteroatoms. The maximum Gasteiger partial charge on any atom is 0.270 e. The van der Waals surface area contributed by atoms with Gasteiger partial charge >= 0.3 is 0 Å². The second-order valence-corrected chi connectivity index (χ2v) is 4.80. The van der Waals surface area contributed by atoms with E-state index in [4.69, 9.17) is 0 Å². The van der Waals surface area contributed by atoms with Crippen LogP contribution in [0.25, 0.3) is 0 Å². The second kappa shape index (κ2) is 9.07. The van der Waals surface area contributed by atoms with Crippen LogP contribution in [0.4, 0.5) is 5.69 Å². The number of nitrogens with one attached hydrogen (secondary N) is 1. The molecule has 0 atom stereocenters. The first kappa shape index (κ1) is 17.1. The second-order valence-electron chi connectivity index (χ2n) is 4.80. The summed E-state index contributed by atoms with van der Waals surface area (Å²) in [6, 6.07) is 5.78. The molecule has 0 radical (unpaired) electrons. The van der Waals surface area contributed by atoms with Gasteiger partial charge in [-0.15, -0.1) is 0 Å². The Labute approximate surface area is 125 Å². The minimum absolute atomic E-state index is 0.0656. The molecule has 1 aromatic carbocycles. The lowest BCUT2D eigenvalue weighted by Gasteiger charge is -2.17. The van der Waals surface area contributed by atoms with Gasteiger partial charge in [0.25, 0.3) is 11.6 Å². The third kappa shape index (κ3) is 5.91. The third-order valence-electron chi connectivity index (χ3n) is 3.40. The van der Waals surface area contributed by atoms with Gasteiger partial charge in [-0.1, -0.05) is 19.9 Å². The van der Waals surface area contributed by atoms with E-state index in [1.807, 2.05) is 0 Å². The van der Waals surface area contributed by atoms with Crippen LogP contribution in [-0.2, 0) is 0 Å². The van der Waals surface area contributed by atoms with Crippen LogP contribution in [0.1, 0.15) is 37.0 Å². The molecule has 0 aliphatic carbocycles. The summed E-state index contributed by atoms with van der Waals surface area (Å²) in [6.07, 6.45) is 1.92. The fourth-order valence-electron chi connectivity index (χ4n) is 2.06. The molecule has 0 aliphatic rings. The Hall–Kier alpha value is -1.95. The van der Waals surface area contributed by atoms with E-state index in [1.165, 1.54) is 18.2 Å². The third-order valence-corrected chi connectivity index (χ3v) is 3.40. The van der Waals surface area contributed by atoms with E-state index in [1.54, 1.807) is 6.07 Å². The average Bonchev–Trinajstić information content (AvgIpc) is 2.50. The van der Waals surface area contributed by atoms with Crippen LogP contribution in [0, 0.1) is 10.1 Å². The maximum absolute atomic E-state index is 11.9. The van der Waals surface area contributed by atoms with Gasteiger partial charge in [0.15, 0.2) is 0 Å². The van der Waals surface area contributed by atoms with Crippen LogP contribution in [0.3, 0.4) is 0 Å². The van der Waals surface area contributed by atoms with Crippen molar-refractivity contribution in [2.75, 3.05) is 26.2 Å². The molecule has 116 valence electrons. The lowest BCUT2D eigenvalue weighted by atomic mass is 10.2. The van der Waals surface area contributed by atoms with Crippen molar-refractivity contribution < 1.29 is 9.72 Å². The molecule has 0 aliphatic heterocycles. The Morgan fingerprint density at radius 1 is 1.29 bits per heavy atom. The molecule has 1 N–H and O–H groups in total. The molecular weight excluding hydrogens is 270 g/mol. The van der Waals surface area contributed by atoms with Gasteiger partial charge in [-0.3, -0.25) is 14.9 Å². The summed E-state index contributed by atoms with van der Waals surface area (Å²) in [5.41, 5.74) is 0.261. The number of amides is 1. The van der Waals surface area contributed by atoms with Crippen molar-refractivity contribution in [3.05, 3.63) is 39.9 Å². The Bertz CT molecular complexity index is 473. The van der Waals surface area contributed by atoms with Crippen LogP contribution >= 0.6 is 0 Å². The Morgan fingerprint density at radius 3 is 2.62 bits per heavy atom. The maximum atomic E-state index is 11.9. The molecule has 0 unspecified atom stereocenters. The van der Waals surface area contributed by atoms with E-state index in [0.717, 1.165) is 32.5 Å². The number of rotatable bonds is 9. The molecule has 6 nitrogen and oxygen atoms in total. The van der Waals surface area contributed by atoms with E-state index in [9.17, 15) is 14.9 Å². The minimum Gasteiger partial charge on any atom is -0.352 e. The fraction of sp³-hybridized carbons (Fsp3) is 0.533. The molecule has 0 heterocycles. The summed E-state index contributed by atoms with van der Waals surface area (Å²) in [4.78, 5) is 24.4. The zero-order valence-electron chi connectivity index (χ0n) is 12.7. The summed E-state index contributed by atoms with van der Waals surface area (Å²) in [5.74, 6) is -0.262. The van der Waals surface area contributed by atoms with Crippen LogP contribution in [-0.4, -0.2) is 41.9 Å². The highest BCUT2D eigenvalue weighted by Gasteiger charge is 2.10. The molecular formula is C15H23N3O3. The number of hydrogen-bond acceptors (Lipinski definition) is 4. The van der Waals surface area contributed by atoms with Gasteiger partial charge in [0, 0.05) is 24.2 Å². The average molecular weight is 293 g/mol. The van der Waals surface area contributed by atoms with Crippen molar-refractivity contribution in [3.63, 3.8) is 0 Å². The van der Waals surface area contributed by atoms with E-state index in [-0.39, 0.29) is 11.6 Å². The number of non-ortho nitro benzene ring substituents is 1. The van der Waals surface area contributed by atoms with Crippen molar-refractivity contribution in [2.24, 2.45) is 0 Å². The normalized spacial score (nSPS) is 10.6. The van der Waals surface area contributed by atoms with Gasteiger partial charge in [0.1, 0.15) is 0 Å². The Kier molecular flexibility index (Phi) is 7.39. The Morgan fingerprint density at radius 2 is 2.00 bits per heavy atom. The molecule has 0 saturated heterocycles. The van der Waals surface area contributed by atoms with Crippen LogP contribution in [0.5, 0.6) is 0 Å². The van der Waals surface area contributed by atoms with Crippen molar-refractivity contribution in [1.29, 1.82) is 0 Å². The zero-order valence-corrected chi connectivity index (χ0v) is 12.7. The van der Waals surface area contributed by atoms with E-state index in [0.29, 0.717) is 12.1 Å². The molecule has 0 aromatic heterocycles. The van der Waals surface area contributed by atoms with Gasteiger partial charge in [0.05, 0.1) is 4.92 Å². The first-order valence-electron chi connectivity index (χ1n) is 7.33. The minimum atomic E-state index is -0.499. The number of carbonyl (C=O) groups is 1. The monoisotopic (exact) mass is 293 g/mol. The summed E-state index contributed by atoms with van der Waals surface area (Å²) in [5, 5.41) is 13.5. The van der Waals surface area contributed by atoms with Crippen molar-refractivity contribution in [2.45, 2.75) is 26.7 Å². The molecule has 0 bridgehead atoms. The number of benzene rings is 1. The van der Waals surface area contributed by atoms with Gasteiger partial charge in [-0.25, -0.2) is 0 Å². The highest BCUT2D eigenvalue weighted by Crippen LogP contribution is 2.12. The quantitative estimate of drug-likeness (QED) is 0.431. The lowest BCUT2D eigenvalue weighted by Crippen LogP contribution is -2.27. The first-order valence-corrected chi connectivity index (χ1v) is 7.33. The largest absolute Gasteiger partial charge is 0.352 e. The molecule has 21 heavy (non-hydrogen) atoms. The SMILES string of the molecule is CCN(CC)CCCCNC(=O)c1cccc([N+](=O)[O-])c1. The molecule has 1 amide bonds. The fourth-order valence-corrected chi connectivity index (χ4v) is 2.06. The number of nitro benzene ring substituents is 1. The van der Waals surface area contributed by atoms with Crippen molar-refractivity contribution in [3.8, 4) is 0 Å². The van der Waals surface area contributed by atoms with Crippen molar-refractivity contribution in [1.82, 2.24) is 10.2 Å². The topological polar surface area (TPSA) is 75.5 Å². The molecule has 1 rings (SSSR count).